The Morgan fingerprint density at radius 2 is 1.90 bits per heavy atom. The molecular formula is C21H20N2O5S. The minimum absolute atomic E-state index is 0.168. The molecule has 2 heterocycles. The third kappa shape index (κ3) is 3.75. The lowest BCUT2D eigenvalue weighted by Gasteiger charge is -2.05. The summed E-state index contributed by atoms with van der Waals surface area (Å²) in [6.07, 6.45) is 0.168. The average Bonchev–Trinajstić information content (AvgIpc) is 3.29. The van der Waals surface area contributed by atoms with Crippen LogP contribution in [-0.2, 0) is 16.1 Å². The number of hydrogen-bond acceptors (Lipinski definition) is 6. The summed E-state index contributed by atoms with van der Waals surface area (Å²) in [5.74, 6) is 0.635. The van der Waals surface area contributed by atoms with Crippen LogP contribution in [0.2, 0.25) is 0 Å². The van der Waals surface area contributed by atoms with Gasteiger partial charge in [0.1, 0.15) is 0 Å². The summed E-state index contributed by atoms with van der Waals surface area (Å²) < 4.78 is 18.4. The number of rotatable bonds is 4. The topological polar surface area (TPSA) is 79.1 Å². The molecular weight excluding hydrogens is 392 g/mol. The van der Waals surface area contributed by atoms with Crippen molar-refractivity contribution in [3.63, 3.8) is 0 Å². The Kier molecular flexibility index (Phi) is 5.10. The van der Waals surface area contributed by atoms with Crippen LogP contribution in [0.4, 0.5) is 0 Å². The monoisotopic (exact) mass is 412 g/mol. The molecule has 29 heavy (non-hydrogen) atoms. The first-order valence-electron chi connectivity index (χ1n) is 9.12. The van der Waals surface area contributed by atoms with Crippen LogP contribution in [0.15, 0.2) is 35.3 Å². The SMILES string of the molecule is COC(=O)CCn1c(=NC(=O)c2ccc(C)c(C)c2)sc2cc3c(cc21)OCO3. The molecule has 7 nitrogen and oxygen atoms in total. The van der Waals surface area contributed by atoms with Gasteiger partial charge in [0.25, 0.3) is 5.91 Å². The maximum atomic E-state index is 12.8. The Balaban J connectivity index is 1.81. The number of fused-ring (bicyclic) bond motifs is 2. The Morgan fingerprint density at radius 1 is 1.14 bits per heavy atom. The van der Waals surface area contributed by atoms with Gasteiger partial charge in [-0.25, -0.2) is 0 Å². The molecule has 0 unspecified atom stereocenters. The first-order valence-corrected chi connectivity index (χ1v) is 9.94. The van der Waals surface area contributed by atoms with E-state index in [2.05, 4.69) is 4.99 Å². The van der Waals surface area contributed by atoms with Crippen molar-refractivity contribution in [2.45, 2.75) is 26.8 Å². The molecule has 1 aliphatic rings. The molecule has 2 aromatic carbocycles. The lowest BCUT2D eigenvalue weighted by molar-refractivity contribution is -0.140. The van der Waals surface area contributed by atoms with Gasteiger partial charge in [0.15, 0.2) is 16.3 Å². The van der Waals surface area contributed by atoms with Crippen LogP contribution in [0.3, 0.4) is 0 Å². The number of carbonyl (C=O) groups is 2. The molecule has 3 aromatic rings. The van der Waals surface area contributed by atoms with E-state index in [-0.39, 0.29) is 25.1 Å². The van der Waals surface area contributed by atoms with Gasteiger partial charge < -0.3 is 18.8 Å². The van der Waals surface area contributed by atoms with Crippen LogP contribution < -0.4 is 14.3 Å². The minimum atomic E-state index is -0.330. The lowest BCUT2D eigenvalue weighted by atomic mass is 10.1. The summed E-state index contributed by atoms with van der Waals surface area (Å²) in [6, 6.07) is 9.25. The van der Waals surface area contributed by atoms with Crippen LogP contribution in [0.1, 0.15) is 27.9 Å². The van der Waals surface area contributed by atoms with Gasteiger partial charge in [-0.1, -0.05) is 17.4 Å². The van der Waals surface area contributed by atoms with E-state index < -0.39 is 0 Å². The predicted molar refractivity (Wildman–Crippen MR) is 108 cm³/mol. The van der Waals surface area contributed by atoms with Crippen LogP contribution >= 0.6 is 11.3 Å². The van der Waals surface area contributed by atoms with E-state index in [4.69, 9.17) is 14.2 Å². The highest BCUT2D eigenvalue weighted by Gasteiger charge is 2.18. The number of aryl methyl sites for hydroxylation is 3. The normalized spacial score (nSPS) is 13.1. The zero-order valence-corrected chi connectivity index (χ0v) is 17.2. The summed E-state index contributed by atoms with van der Waals surface area (Å²) in [5.41, 5.74) is 3.51. The van der Waals surface area contributed by atoms with Crippen LogP contribution in [0.25, 0.3) is 10.2 Å². The number of hydrogen-bond donors (Lipinski definition) is 0. The third-order valence-corrected chi connectivity index (χ3v) is 5.94. The predicted octanol–water partition coefficient (Wildman–Crippen LogP) is 3.35. The van der Waals surface area contributed by atoms with E-state index >= 15 is 0 Å². The van der Waals surface area contributed by atoms with Crippen molar-refractivity contribution < 1.29 is 23.8 Å². The van der Waals surface area contributed by atoms with Crippen molar-refractivity contribution in [2.75, 3.05) is 13.9 Å². The largest absolute Gasteiger partial charge is 0.469 e. The molecule has 1 aromatic heterocycles. The van der Waals surface area contributed by atoms with Crippen LogP contribution in [-0.4, -0.2) is 30.3 Å². The molecule has 1 aliphatic heterocycles. The van der Waals surface area contributed by atoms with E-state index in [9.17, 15) is 9.59 Å². The molecule has 0 bridgehead atoms. The number of methoxy groups -OCH3 is 1. The molecule has 4 rings (SSSR count). The Hall–Kier alpha value is -3.13. The summed E-state index contributed by atoms with van der Waals surface area (Å²) in [5, 5.41) is 0. The van der Waals surface area contributed by atoms with Gasteiger partial charge in [-0.05, 0) is 37.1 Å². The number of thiazole rings is 1. The zero-order valence-electron chi connectivity index (χ0n) is 16.4. The van der Waals surface area contributed by atoms with E-state index in [1.54, 1.807) is 6.07 Å². The molecule has 0 saturated carbocycles. The first-order chi connectivity index (χ1) is 14.0. The standard InChI is InChI=1S/C21H20N2O5S/c1-12-4-5-14(8-13(12)2)20(25)22-21-23(7-6-19(24)26-3)15-9-16-17(28-11-27-16)10-18(15)29-21/h4-5,8-10H,6-7,11H2,1-3H3. The Labute approximate surface area is 171 Å². The summed E-state index contributed by atoms with van der Waals surface area (Å²) >= 11 is 1.37. The number of aromatic nitrogens is 1. The second-order valence-electron chi connectivity index (χ2n) is 6.75. The quantitative estimate of drug-likeness (QED) is 0.614. The maximum absolute atomic E-state index is 12.8. The van der Waals surface area contributed by atoms with Gasteiger partial charge in [0, 0.05) is 24.2 Å². The number of nitrogens with zero attached hydrogens (tertiary/aromatic N) is 2. The fourth-order valence-corrected chi connectivity index (χ4v) is 4.16. The van der Waals surface area contributed by atoms with E-state index in [0.29, 0.717) is 28.4 Å². The van der Waals surface area contributed by atoms with Gasteiger partial charge in [-0.2, -0.15) is 4.99 Å². The summed E-state index contributed by atoms with van der Waals surface area (Å²) in [4.78, 5) is 29.3. The van der Waals surface area contributed by atoms with E-state index in [1.165, 1.54) is 18.4 Å². The summed E-state index contributed by atoms with van der Waals surface area (Å²) in [6.45, 7) is 4.48. The van der Waals surface area contributed by atoms with Crippen molar-refractivity contribution in [2.24, 2.45) is 4.99 Å². The smallest absolute Gasteiger partial charge is 0.307 e. The first kappa shape index (κ1) is 19.2. The number of benzene rings is 2. The van der Waals surface area contributed by atoms with Crippen molar-refractivity contribution in [1.29, 1.82) is 0 Å². The van der Waals surface area contributed by atoms with Crippen molar-refractivity contribution in [1.82, 2.24) is 4.57 Å². The highest BCUT2D eigenvalue weighted by molar-refractivity contribution is 7.16. The molecule has 1 amide bonds. The van der Waals surface area contributed by atoms with Gasteiger partial charge >= 0.3 is 5.97 Å². The molecule has 150 valence electrons. The highest BCUT2D eigenvalue weighted by atomic mass is 32.1. The van der Waals surface area contributed by atoms with Gasteiger partial charge in [0.05, 0.1) is 23.7 Å². The van der Waals surface area contributed by atoms with E-state index in [1.807, 2.05) is 42.7 Å². The van der Waals surface area contributed by atoms with E-state index in [0.717, 1.165) is 21.3 Å². The van der Waals surface area contributed by atoms with Crippen molar-refractivity contribution >= 4 is 33.4 Å². The molecule has 8 heteroatoms. The van der Waals surface area contributed by atoms with Gasteiger partial charge in [-0.15, -0.1) is 0 Å². The van der Waals surface area contributed by atoms with Crippen molar-refractivity contribution in [3.8, 4) is 11.5 Å². The second kappa shape index (κ2) is 7.71. The highest BCUT2D eigenvalue weighted by Crippen LogP contribution is 2.37. The fraction of sp³-hybridized carbons (Fsp3) is 0.286. The molecule has 0 aliphatic carbocycles. The molecule has 0 saturated heterocycles. The van der Waals surface area contributed by atoms with Gasteiger partial charge in [0.2, 0.25) is 6.79 Å². The second-order valence-corrected chi connectivity index (χ2v) is 7.76. The maximum Gasteiger partial charge on any atom is 0.307 e. The molecule has 0 N–H and O–H groups in total. The molecule has 0 fully saturated rings. The lowest BCUT2D eigenvalue weighted by Crippen LogP contribution is -2.19. The average molecular weight is 412 g/mol. The minimum Gasteiger partial charge on any atom is -0.469 e. The number of ether oxygens (including phenoxy) is 3. The van der Waals surface area contributed by atoms with Gasteiger partial charge in [-0.3, -0.25) is 9.59 Å². The van der Waals surface area contributed by atoms with Crippen LogP contribution in [0.5, 0.6) is 11.5 Å². The van der Waals surface area contributed by atoms with Crippen molar-refractivity contribution in [3.05, 3.63) is 51.8 Å². The fourth-order valence-electron chi connectivity index (χ4n) is 3.09. The van der Waals surface area contributed by atoms with Crippen LogP contribution in [0, 0.1) is 13.8 Å². The Morgan fingerprint density at radius 3 is 2.62 bits per heavy atom. The number of amides is 1. The third-order valence-electron chi connectivity index (χ3n) is 4.90. The zero-order chi connectivity index (χ0) is 20.5. The number of carbonyl (C=O) groups excluding carboxylic acids is 2. The summed E-state index contributed by atoms with van der Waals surface area (Å²) in [7, 11) is 1.35. The Bertz CT molecular complexity index is 1190. The number of esters is 1. The molecule has 0 atom stereocenters. The molecule has 0 radical (unpaired) electrons. The molecule has 0 spiro atoms.